The molecule has 2 aromatic carbocycles. The standard InChI is InChI=1S/C21H16FN3O2/c22-18-10-8-15(9-11-18)19-13-21(27,17-6-2-1-3-7-17)25(24-19)20(26)16-5-4-12-23-14-16/h1-12,14,27H,13H2. The van der Waals surface area contributed by atoms with E-state index >= 15 is 0 Å². The minimum absolute atomic E-state index is 0.0919. The molecule has 6 heteroatoms. The van der Waals surface area contributed by atoms with Crippen LogP contribution in [0.25, 0.3) is 0 Å². The van der Waals surface area contributed by atoms with E-state index in [9.17, 15) is 14.3 Å². The molecule has 0 saturated carbocycles. The first-order valence-corrected chi connectivity index (χ1v) is 8.44. The first-order valence-electron chi connectivity index (χ1n) is 8.44. The van der Waals surface area contributed by atoms with Crippen molar-refractivity contribution >= 4 is 11.6 Å². The summed E-state index contributed by atoms with van der Waals surface area (Å²) in [6, 6.07) is 18.0. The van der Waals surface area contributed by atoms with Crippen LogP contribution in [0.15, 0.2) is 84.2 Å². The van der Waals surface area contributed by atoms with Crippen LogP contribution in [0.4, 0.5) is 4.39 Å². The van der Waals surface area contributed by atoms with Crippen molar-refractivity contribution in [1.82, 2.24) is 9.99 Å². The maximum atomic E-state index is 13.3. The molecule has 1 unspecified atom stereocenters. The Balaban J connectivity index is 1.79. The number of hydrogen-bond acceptors (Lipinski definition) is 4. The van der Waals surface area contributed by atoms with E-state index in [4.69, 9.17) is 0 Å². The quantitative estimate of drug-likeness (QED) is 0.778. The zero-order chi connectivity index (χ0) is 18.9. The summed E-state index contributed by atoms with van der Waals surface area (Å²) in [6.07, 6.45) is 3.09. The highest BCUT2D eigenvalue weighted by Crippen LogP contribution is 2.37. The van der Waals surface area contributed by atoms with Crippen LogP contribution in [-0.2, 0) is 5.72 Å². The third-order valence-corrected chi connectivity index (χ3v) is 4.50. The lowest BCUT2D eigenvalue weighted by atomic mass is 9.94. The van der Waals surface area contributed by atoms with Crippen LogP contribution in [0.3, 0.4) is 0 Å². The van der Waals surface area contributed by atoms with Crippen LogP contribution >= 0.6 is 0 Å². The molecule has 0 spiro atoms. The number of hydrazone groups is 1. The highest BCUT2D eigenvalue weighted by molar-refractivity contribution is 6.05. The molecule has 5 nitrogen and oxygen atoms in total. The minimum atomic E-state index is -1.64. The van der Waals surface area contributed by atoms with Gasteiger partial charge in [-0.15, -0.1) is 0 Å². The fraction of sp³-hybridized carbons (Fsp3) is 0.0952. The fourth-order valence-corrected chi connectivity index (χ4v) is 3.10. The van der Waals surface area contributed by atoms with Gasteiger partial charge in [0.05, 0.1) is 11.3 Å². The van der Waals surface area contributed by atoms with Crippen LogP contribution in [-0.4, -0.2) is 26.7 Å². The third kappa shape index (κ3) is 3.11. The second-order valence-corrected chi connectivity index (χ2v) is 6.27. The summed E-state index contributed by atoms with van der Waals surface area (Å²) in [6.45, 7) is 0. The summed E-state index contributed by atoms with van der Waals surface area (Å²) in [5.41, 5.74) is 0.364. The van der Waals surface area contributed by atoms with Crippen molar-refractivity contribution in [1.29, 1.82) is 0 Å². The Morgan fingerprint density at radius 1 is 1.04 bits per heavy atom. The van der Waals surface area contributed by atoms with Crippen LogP contribution in [0.5, 0.6) is 0 Å². The zero-order valence-electron chi connectivity index (χ0n) is 14.3. The molecular weight excluding hydrogens is 345 g/mol. The molecule has 0 aliphatic carbocycles. The van der Waals surface area contributed by atoms with E-state index in [1.165, 1.54) is 18.3 Å². The highest BCUT2D eigenvalue weighted by Gasteiger charge is 2.46. The molecule has 0 fully saturated rings. The Labute approximate surface area is 155 Å². The zero-order valence-corrected chi connectivity index (χ0v) is 14.3. The number of rotatable bonds is 3. The molecule has 4 rings (SSSR count). The summed E-state index contributed by atoms with van der Waals surface area (Å²) in [5, 5.41) is 16.9. The second-order valence-electron chi connectivity index (χ2n) is 6.27. The van der Waals surface area contributed by atoms with E-state index in [0.29, 0.717) is 22.4 Å². The second kappa shape index (κ2) is 6.74. The van der Waals surface area contributed by atoms with Crippen LogP contribution in [0.1, 0.15) is 27.9 Å². The summed E-state index contributed by atoms with van der Waals surface area (Å²) >= 11 is 0. The van der Waals surface area contributed by atoms with Gasteiger partial charge in [0.25, 0.3) is 5.91 Å². The van der Waals surface area contributed by atoms with Gasteiger partial charge in [-0.25, -0.2) is 4.39 Å². The summed E-state index contributed by atoms with van der Waals surface area (Å²) in [4.78, 5) is 17.0. The smallest absolute Gasteiger partial charge is 0.278 e. The third-order valence-electron chi connectivity index (χ3n) is 4.50. The molecule has 0 radical (unpaired) electrons. The van der Waals surface area contributed by atoms with Crippen molar-refractivity contribution < 1.29 is 14.3 Å². The lowest BCUT2D eigenvalue weighted by Crippen LogP contribution is -2.43. The number of benzene rings is 2. The Morgan fingerprint density at radius 3 is 2.44 bits per heavy atom. The van der Waals surface area contributed by atoms with Gasteiger partial charge in [0.2, 0.25) is 0 Å². The number of pyridine rings is 1. The average molecular weight is 361 g/mol. The van der Waals surface area contributed by atoms with E-state index in [1.54, 1.807) is 54.7 Å². The van der Waals surface area contributed by atoms with Crippen LogP contribution in [0.2, 0.25) is 0 Å². The van der Waals surface area contributed by atoms with E-state index < -0.39 is 11.6 Å². The number of amides is 1. The van der Waals surface area contributed by atoms with Gasteiger partial charge < -0.3 is 5.11 Å². The van der Waals surface area contributed by atoms with Crippen LogP contribution in [0, 0.1) is 5.82 Å². The van der Waals surface area contributed by atoms with Gasteiger partial charge in [0, 0.05) is 24.4 Å². The van der Waals surface area contributed by atoms with Crippen molar-refractivity contribution in [2.24, 2.45) is 5.10 Å². The lowest BCUT2D eigenvalue weighted by Gasteiger charge is -2.31. The Morgan fingerprint density at radius 2 is 1.78 bits per heavy atom. The van der Waals surface area contributed by atoms with Crippen molar-refractivity contribution in [2.75, 3.05) is 0 Å². The minimum Gasteiger partial charge on any atom is -0.365 e. The van der Waals surface area contributed by atoms with Crippen LogP contribution < -0.4 is 0 Å². The largest absolute Gasteiger partial charge is 0.365 e. The molecule has 1 amide bonds. The van der Waals surface area contributed by atoms with Crippen molar-refractivity contribution in [3.8, 4) is 0 Å². The Kier molecular flexibility index (Phi) is 4.25. The Bertz CT molecular complexity index is 991. The monoisotopic (exact) mass is 361 g/mol. The average Bonchev–Trinajstić information content (AvgIpc) is 3.08. The Hall–Kier alpha value is -3.38. The van der Waals surface area contributed by atoms with Crippen molar-refractivity contribution in [2.45, 2.75) is 12.1 Å². The van der Waals surface area contributed by atoms with Gasteiger partial charge in [-0.1, -0.05) is 42.5 Å². The topological polar surface area (TPSA) is 65.8 Å². The molecule has 1 aromatic heterocycles. The molecule has 0 bridgehead atoms. The fourth-order valence-electron chi connectivity index (χ4n) is 3.10. The van der Waals surface area contributed by atoms with Crippen molar-refractivity contribution in [3.63, 3.8) is 0 Å². The predicted molar refractivity (Wildman–Crippen MR) is 98.3 cm³/mol. The molecule has 134 valence electrons. The molecule has 1 aliphatic rings. The van der Waals surface area contributed by atoms with Gasteiger partial charge in [-0.05, 0) is 29.8 Å². The molecular formula is C21H16FN3O2. The molecule has 27 heavy (non-hydrogen) atoms. The van der Waals surface area contributed by atoms with Gasteiger partial charge >= 0.3 is 0 Å². The SMILES string of the molecule is O=C(c1cccnc1)N1N=C(c2ccc(F)cc2)CC1(O)c1ccccc1. The van der Waals surface area contributed by atoms with E-state index in [2.05, 4.69) is 10.1 Å². The number of aliphatic hydroxyl groups is 1. The predicted octanol–water partition coefficient (Wildman–Crippen LogP) is 3.32. The first-order chi connectivity index (χ1) is 13.1. The molecule has 3 aromatic rings. The first kappa shape index (κ1) is 17.1. The summed E-state index contributed by atoms with van der Waals surface area (Å²) in [5.74, 6) is -0.828. The number of hydrogen-bond donors (Lipinski definition) is 1. The van der Waals surface area contributed by atoms with E-state index in [0.717, 1.165) is 5.01 Å². The number of nitrogens with zero attached hydrogens (tertiary/aromatic N) is 3. The maximum absolute atomic E-state index is 13.3. The molecule has 2 heterocycles. The summed E-state index contributed by atoms with van der Waals surface area (Å²) < 4.78 is 13.3. The normalized spacial score (nSPS) is 19.0. The van der Waals surface area contributed by atoms with E-state index in [1.807, 2.05) is 6.07 Å². The number of halogens is 1. The molecule has 1 N–H and O–H groups in total. The van der Waals surface area contributed by atoms with Gasteiger partial charge in [0.1, 0.15) is 5.82 Å². The number of carbonyl (C=O) groups is 1. The molecule has 1 atom stereocenters. The van der Waals surface area contributed by atoms with Gasteiger partial charge in [-0.3, -0.25) is 9.78 Å². The highest BCUT2D eigenvalue weighted by atomic mass is 19.1. The van der Waals surface area contributed by atoms with E-state index in [-0.39, 0.29) is 12.2 Å². The number of aromatic nitrogens is 1. The van der Waals surface area contributed by atoms with Gasteiger partial charge in [0.15, 0.2) is 5.72 Å². The maximum Gasteiger partial charge on any atom is 0.278 e. The van der Waals surface area contributed by atoms with Gasteiger partial charge in [-0.2, -0.15) is 10.1 Å². The summed E-state index contributed by atoms with van der Waals surface area (Å²) in [7, 11) is 0. The number of carbonyl (C=O) groups excluding carboxylic acids is 1. The lowest BCUT2D eigenvalue weighted by molar-refractivity contribution is -0.0765. The van der Waals surface area contributed by atoms with Crippen molar-refractivity contribution in [3.05, 3.63) is 102 Å². The molecule has 1 aliphatic heterocycles. The molecule has 0 saturated heterocycles.